The number of urea groups is 1. The van der Waals surface area contributed by atoms with Gasteiger partial charge in [-0.25, -0.2) is 4.79 Å². The van der Waals surface area contributed by atoms with Crippen molar-refractivity contribution in [2.24, 2.45) is 5.92 Å². The number of rotatable bonds is 3. The molecule has 0 N–H and O–H groups in total. The van der Waals surface area contributed by atoms with Crippen LogP contribution in [0.1, 0.15) is 20.3 Å². The number of carbonyl (C=O) groups is 3. The third-order valence-corrected chi connectivity index (χ3v) is 2.49. The Morgan fingerprint density at radius 3 is 2.21 bits per heavy atom. The van der Waals surface area contributed by atoms with Gasteiger partial charge in [0.15, 0.2) is 0 Å². The van der Waals surface area contributed by atoms with Crippen molar-refractivity contribution in [2.45, 2.75) is 20.3 Å². The Hall–Kier alpha value is -1.10. The Kier molecular flexibility index (Phi) is 3.10. The van der Waals surface area contributed by atoms with Gasteiger partial charge in [0.05, 0.1) is 0 Å². The van der Waals surface area contributed by atoms with E-state index in [2.05, 4.69) is 0 Å². The predicted octanol–water partition coefficient (Wildman–Crippen LogP) is 0.977. The van der Waals surface area contributed by atoms with Gasteiger partial charge in [0.1, 0.15) is 0 Å². The maximum Gasteiger partial charge on any atom is 0.349 e. The Balaban J connectivity index is 2.75. The van der Waals surface area contributed by atoms with E-state index in [1.165, 1.54) is 0 Å². The van der Waals surface area contributed by atoms with Crippen LogP contribution in [0.3, 0.4) is 0 Å². The largest absolute Gasteiger partial charge is 0.349 e. The van der Waals surface area contributed by atoms with Crippen LogP contribution in [0.25, 0.3) is 0 Å². The van der Waals surface area contributed by atoms with Crippen LogP contribution in [0, 0.1) is 5.92 Å². The lowest BCUT2D eigenvalue weighted by atomic mass is 10.1. The number of hydrogen-bond acceptors (Lipinski definition) is 3. The zero-order valence-corrected chi connectivity index (χ0v) is 8.74. The van der Waals surface area contributed by atoms with E-state index in [0.29, 0.717) is 4.42 Å². The minimum absolute atomic E-state index is 0.166. The summed E-state index contributed by atoms with van der Waals surface area (Å²) in [4.78, 5) is 34.3. The third kappa shape index (κ3) is 1.72. The van der Waals surface area contributed by atoms with Crippen molar-refractivity contribution in [2.75, 3.05) is 6.54 Å². The normalized spacial score (nSPS) is 19.5. The molecule has 0 aromatic heterocycles. The summed E-state index contributed by atoms with van der Waals surface area (Å²) in [6, 6.07) is -0.748. The average Bonchev–Trinajstić information content (AvgIpc) is 2.35. The molecule has 0 bridgehead atoms. The SMILES string of the molecule is CCC(C)CN1C(=O)C(=O)N(Cl)C1=O. The highest BCUT2D eigenvalue weighted by Gasteiger charge is 2.44. The molecule has 14 heavy (non-hydrogen) atoms. The summed E-state index contributed by atoms with van der Waals surface area (Å²) in [5.41, 5.74) is 0. The maximum absolute atomic E-state index is 11.3. The molecule has 1 atom stereocenters. The topological polar surface area (TPSA) is 57.7 Å². The fraction of sp³-hybridized carbons (Fsp3) is 0.625. The minimum Gasteiger partial charge on any atom is -0.263 e. The first-order valence-corrected chi connectivity index (χ1v) is 4.68. The van der Waals surface area contributed by atoms with Crippen molar-refractivity contribution in [3.8, 4) is 0 Å². The number of carbonyl (C=O) groups excluding carboxylic acids is 3. The molecule has 6 heteroatoms. The van der Waals surface area contributed by atoms with E-state index >= 15 is 0 Å². The lowest BCUT2D eigenvalue weighted by molar-refractivity contribution is -0.142. The fourth-order valence-corrected chi connectivity index (χ4v) is 1.24. The second-order valence-electron chi connectivity index (χ2n) is 3.30. The molecular weight excluding hydrogens is 208 g/mol. The van der Waals surface area contributed by atoms with Crippen LogP contribution in [0.4, 0.5) is 4.79 Å². The van der Waals surface area contributed by atoms with Crippen LogP contribution in [-0.4, -0.2) is 33.7 Å². The molecule has 1 rings (SSSR count). The van der Waals surface area contributed by atoms with E-state index in [1.807, 2.05) is 13.8 Å². The van der Waals surface area contributed by atoms with Crippen molar-refractivity contribution in [3.63, 3.8) is 0 Å². The first-order chi connectivity index (χ1) is 6.49. The van der Waals surface area contributed by atoms with Gasteiger partial charge >= 0.3 is 17.8 Å². The molecule has 0 spiro atoms. The summed E-state index contributed by atoms with van der Waals surface area (Å²) in [5, 5.41) is 0. The number of imide groups is 2. The van der Waals surface area contributed by atoms with Crippen LogP contribution < -0.4 is 0 Å². The van der Waals surface area contributed by atoms with Crippen LogP contribution in [-0.2, 0) is 9.59 Å². The number of halogens is 1. The molecule has 0 saturated carbocycles. The molecule has 1 heterocycles. The number of amides is 4. The van der Waals surface area contributed by atoms with Gasteiger partial charge in [-0.2, -0.15) is 4.42 Å². The van der Waals surface area contributed by atoms with Crippen molar-refractivity contribution in [3.05, 3.63) is 0 Å². The van der Waals surface area contributed by atoms with Gasteiger partial charge in [-0.3, -0.25) is 14.5 Å². The zero-order chi connectivity index (χ0) is 10.9. The summed E-state index contributed by atoms with van der Waals surface area (Å²) in [6.07, 6.45) is 0.827. The van der Waals surface area contributed by atoms with E-state index < -0.39 is 17.8 Å². The Morgan fingerprint density at radius 1 is 1.29 bits per heavy atom. The molecule has 1 aliphatic rings. The Morgan fingerprint density at radius 2 is 1.86 bits per heavy atom. The summed E-state index contributed by atoms with van der Waals surface area (Å²) >= 11 is 5.30. The predicted molar refractivity (Wildman–Crippen MR) is 49.3 cm³/mol. The molecule has 4 amide bonds. The van der Waals surface area contributed by atoms with Crippen molar-refractivity contribution >= 4 is 29.6 Å². The summed E-state index contributed by atoms with van der Waals surface area (Å²) in [5.74, 6) is -1.65. The lowest BCUT2D eigenvalue weighted by Crippen LogP contribution is -2.34. The van der Waals surface area contributed by atoms with E-state index in [-0.39, 0.29) is 12.5 Å². The van der Waals surface area contributed by atoms with E-state index in [1.54, 1.807) is 0 Å². The van der Waals surface area contributed by atoms with Gasteiger partial charge in [-0.15, -0.1) is 0 Å². The van der Waals surface area contributed by atoms with Crippen LogP contribution in [0.5, 0.6) is 0 Å². The molecule has 1 saturated heterocycles. The Bertz CT molecular complexity index is 292. The van der Waals surface area contributed by atoms with E-state index in [9.17, 15) is 14.4 Å². The first-order valence-electron chi connectivity index (χ1n) is 4.34. The monoisotopic (exact) mass is 218 g/mol. The quantitative estimate of drug-likeness (QED) is 0.403. The van der Waals surface area contributed by atoms with E-state index in [0.717, 1.165) is 11.3 Å². The fourth-order valence-electron chi connectivity index (χ4n) is 1.08. The minimum atomic E-state index is -0.972. The van der Waals surface area contributed by atoms with Gasteiger partial charge < -0.3 is 0 Å². The standard InChI is InChI=1S/C8H11ClN2O3/c1-3-5(2)4-10-6(12)7(13)11(9)8(10)14/h5H,3-4H2,1-2H3. The molecule has 1 fully saturated rings. The summed E-state index contributed by atoms with van der Waals surface area (Å²) in [6.45, 7) is 4.07. The molecule has 5 nitrogen and oxygen atoms in total. The molecule has 0 radical (unpaired) electrons. The van der Waals surface area contributed by atoms with Gasteiger partial charge in [-0.1, -0.05) is 20.3 Å². The van der Waals surface area contributed by atoms with Gasteiger partial charge in [0, 0.05) is 18.3 Å². The molecule has 0 aliphatic carbocycles. The van der Waals surface area contributed by atoms with Crippen LogP contribution >= 0.6 is 11.8 Å². The van der Waals surface area contributed by atoms with E-state index in [4.69, 9.17) is 11.8 Å². The maximum atomic E-state index is 11.3. The molecule has 1 unspecified atom stereocenters. The molecule has 1 aliphatic heterocycles. The van der Waals surface area contributed by atoms with Crippen molar-refractivity contribution in [1.82, 2.24) is 9.32 Å². The number of hydrogen-bond donors (Lipinski definition) is 0. The van der Waals surface area contributed by atoms with Gasteiger partial charge in [0.2, 0.25) is 0 Å². The second-order valence-corrected chi connectivity index (χ2v) is 3.64. The highest BCUT2D eigenvalue weighted by Crippen LogP contribution is 2.16. The van der Waals surface area contributed by atoms with Gasteiger partial charge in [-0.05, 0) is 5.92 Å². The van der Waals surface area contributed by atoms with Crippen molar-refractivity contribution in [1.29, 1.82) is 0 Å². The molecule has 78 valence electrons. The van der Waals surface area contributed by atoms with Crippen molar-refractivity contribution < 1.29 is 14.4 Å². The van der Waals surface area contributed by atoms with Crippen LogP contribution in [0.2, 0.25) is 0 Å². The molecule has 0 aromatic carbocycles. The highest BCUT2D eigenvalue weighted by atomic mass is 35.5. The van der Waals surface area contributed by atoms with Gasteiger partial charge in [0.25, 0.3) is 0 Å². The average molecular weight is 219 g/mol. The van der Waals surface area contributed by atoms with Crippen LogP contribution in [0.15, 0.2) is 0 Å². The molecular formula is C8H11ClN2O3. The second kappa shape index (κ2) is 3.96. The third-order valence-electron chi connectivity index (χ3n) is 2.20. The number of nitrogens with zero attached hydrogens (tertiary/aromatic N) is 2. The highest BCUT2D eigenvalue weighted by molar-refractivity contribution is 6.52. The lowest BCUT2D eigenvalue weighted by Gasteiger charge is -2.15. The summed E-state index contributed by atoms with van der Waals surface area (Å²) in [7, 11) is 0. The summed E-state index contributed by atoms with van der Waals surface area (Å²) < 4.78 is 0.324. The smallest absolute Gasteiger partial charge is 0.263 e. The molecule has 0 aromatic rings. The zero-order valence-electron chi connectivity index (χ0n) is 7.99. The Labute approximate surface area is 86.7 Å². The first kappa shape index (κ1) is 11.0.